The smallest absolute Gasteiger partial charge is 0.123 e. The molecule has 2 rings (SSSR count). The molecule has 1 aromatic carbocycles. The van der Waals surface area contributed by atoms with Crippen LogP contribution in [0.3, 0.4) is 0 Å². The van der Waals surface area contributed by atoms with Crippen molar-refractivity contribution in [2.75, 3.05) is 0 Å². The summed E-state index contributed by atoms with van der Waals surface area (Å²) in [6.45, 7) is 1.94. The van der Waals surface area contributed by atoms with E-state index in [0.29, 0.717) is 5.75 Å². The van der Waals surface area contributed by atoms with Gasteiger partial charge in [0.1, 0.15) is 5.75 Å². The minimum Gasteiger partial charge on any atom is -0.507 e. The highest BCUT2D eigenvalue weighted by atomic mass is 16.3. The van der Waals surface area contributed by atoms with E-state index in [1.165, 1.54) is 0 Å². The number of phenols is 1. The Morgan fingerprint density at radius 2 is 2.23 bits per heavy atom. The van der Waals surface area contributed by atoms with Gasteiger partial charge in [0.15, 0.2) is 0 Å². The van der Waals surface area contributed by atoms with Crippen LogP contribution in [0.4, 0.5) is 0 Å². The second kappa shape index (κ2) is 2.94. The molecule has 0 aliphatic heterocycles. The molecule has 1 heterocycles. The molecule has 0 aliphatic rings. The highest BCUT2D eigenvalue weighted by molar-refractivity contribution is 5.69. The Bertz CT molecular complexity index is 407. The largest absolute Gasteiger partial charge is 0.507 e. The Labute approximate surface area is 76.0 Å². The van der Waals surface area contributed by atoms with Gasteiger partial charge in [-0.15, -0.1) is 0 Å². The molecule has 0 saturated heterocycles. The van der Waals surface area contributed by atoms with E-state index in [9.17, 15) is 5.11 Å². The van der Waals surface area contributed by atoms with Gasteiger partial charge < -0.3 is 5.11 Å². The zero-order valence-corrected chi connectivity index (χ0v) is 7.28. The Morgan fingerprint density at radius 1 is 1.38 bits per heavy atom. The SMILES string of the molecule is Cc1ccc(-c2cn[nH]c2)c(O)c1. The van der Waals surface area contributed by atoms with E-state index in [2.05, 4.69) is 10.2 Å². The average molecular weight is 174 g/mol. The lowest BCUT2D eigenvalue weighted by Crippen LogP contribution is -1.77. The second-order valence-electron chi connectivity index (χ2n) is 3.01. The molecule has 0 fully saturated rings. The van der Waals surface area contributed by atoms with Crippen LogP contribution < -0.4 is 0 Å². The maximum absolute atomic E-state index is 9.62. The third-order valence-electron chi connectivity index (χ3n) is 1.96. The lowest BCUT2D eigenvalue weighted by molar-refractivity contribution is 0.477. The highest BCUT2D eigenvalue weighted by Crippen LogP contribution is 2.28. The van der Waals surface area contributed by atoms with Crippen molar-refractivity contribution in [3.8, 4) is 16.9 Å². The quantitative estimate of drug-likeness (QED) is 0.695. The molecule has 0 amide bonds. The van der Waals surface area contributed by atoms with Crippen molar-refractivity contribution in [1.82, 2.24) is 10.2 Å². The number of phenolic OH excluding ortho intramolecular Hbond substituents is 1. The average Bonchev–Trinajstić information content (AvgIpc) is 2.56. The first-order valence-electron chi connectivity index (χ1n) is 4.06. The van der Waals surface area contributed by atoms with Crippen LogP contribution in [0, 0.1) is 6.92 Å². The van der Waals surface area contributed by atoms with E-state index in [0.717, 1.165) is 16.7 Å². The van der Waals surface area contributed by atoms with E-state index in [1.54, 1.807) is 18.5 Å². The van der Waals surface area contributed by atoms with Gasteiger partial charge in [-0.1, -0.05) is 12.1 Å². The third-order valence-corrected chi connectivity index (χ3v) is 1.96. The van der Waals surface area contributed by atoms with E-state index in [1.807, 2.05) is 19.1 Å². The summed E-state index contributed by atoms with van der Waals surface area (Å²) in [5.74, 6) is 0.293. The summed E-state index contributed by atoms with van der Waals surface area (Å²) in [4.78, 5) is 0. The molecule has 0 aliphatic carbocycles. The fourth-order valence-electron chi connectivity index (χ4n) is 1.28. The maximum Gasteiger partial charge on any atom is 0.123 e. The number of nitrogens with zero attached hydrogens (tertiary/aromatic N) is 1. The molecule has 2 aromatic rings. The van der Waals surface area contributed by atoms with Crippen molar-refractivity contribution in [2.24, 2.45) is 0 Å². The summed E-state index contributed by atoms with van der Waals surface area (Å²) in [5, 5.41) is 16.2. The molecule has 3 nitrogen and oxygen atoms in total. The summed E-state index contributed by atoms with van der Waals surface area (Å²) in [5.41, 5.74) is 2.75. The summed E-state index contributed by atoms with van der Waals surface area (Å²) in [6.07, 6.45) is 3.44. The van der Waals surface area contributed by atoms with Crippen molar-refractivity contribution in [3.05, 3.63) is 36.2 Å². The van der Waals surface area contributed by atoms with Crippen molar-refractivity contribution in [3.63, 3.8) is 0 Å². The normalized spacial score (nSPS) is 10.2. The minimum atomic E-state index is 0.293. The van der Waals surface area contributed by atoms with Gasteiger partial charge in [-0.25, -0.2) is 0 Å². The van der Waals surface area contributed by atoms with Crippen LogP contribution in [0.2, 0.25) is 0 Å². The molecule has 0 unspecified atom stereocenters. The van der Waals surface area contributed by atoms with Crippen molar-refractivity contribution >= 4 is 0 Å². The van der Waals surface area contributed by atoms with Crippen LogP contribution in [0.5, 0.6) is 5.75 Å². The van der Waals surface area contributed by atoms with Crippen LogP contribution in [-0.4, -0.2) is 15.3 Å². The molecule has 0 spiro atoms. The molecule has 2 N–H and O–H groups in total. The van der Waals surface area contributed by atoms with Crippen LogP contribution >= 0.6 is 0 Å². The highest BCUT2D eigenvalue weighted by Gasteiger charge is 2.04. The maximum atomic E-state index is 9.62. The van der Waals surface area contributed by atoms with E-state index in [4.69, 9.17) is 0 Å². The molecule has 0 saturated carbocycles. The number of aromatic nitrogens is 2. The zero-order chi connectivity index (χ0) is 9.26. The number of aryl methyl sites for hydroxylation is 1. The topological polar surface area (TPSA) is 48.9 Å². The monoisotopic (exact) mass is 174 g/mol. The molecule has 1 aromatic heterocycles. The standard InChI is InChI=1S/C10H10N2O/c1-7-2-3-9(10(13)4-7)8-5-11-12-6-8/h2-6,13H,1H3,(H,11,12). The zero-order valence-electron chi connectivity index (χ0n) is 7.28. The van der Waals surface area contributed by atoms with Gasteiger partial charge in [0.05, 0.1) is 6.20 Å². The molecule has 13 heavy (non-hydrogen) atoms. The molecule has 66 valence electrons. The van der Waals surface area contributed by atoms with Gasteiger partial charge in [-0.2, -0.15) is 5.10 Å². The Balaban J connectivity index is 2.53. The Kier molecular flexibility index (Phi) is 1.77. The van der Waals surface area contributed by atoms with Crippen LogP contribution in [0.1, 0.15) is 5.56 Å². The number of aromatic amines is 1. The van der Waals surface area contributed by atoms with Crippen LogP contribution in [-0.2, 0) is 0 Å². The number of rotatable bonds is 1. The van der Waals surface area contributed by atoms with Gasteiger partial charge in [0.25, 0.3) is 0 Å². The molecular formula is C10H10N2O. The van der Waals surface area contributed by atoms with Gasteiger partial charge >= 0.3 is 0 Å². The van der Waals surface area contributed by atoms with Crippen molar-refractivity contribution in [2.45, 2.75) is 6.92 Å². The first-order chi connectivity index (χ1) is 6.27. The molecule has 0 radical (unpaired) electrons. The molecule has 0 bridgehead atoms. The second-order valence-corrected chi connectivity index (χ2v) is 3.01. The Hall–Kier alpha value is -1.77. The lowest BCUT2D eigenvalue weighted by Gasteiger charge is -2.01. The summed E-state index contributed by atoms with van der Waals surface area (Å²) in [6, 6.07) is 5.58. The van der Waals surface area contributed by atoms with E-state index in [-0.39, 0.29) is 0 Å². The van der Waals surface area contributed by atoms with Gasteiger partial charge in [-0.3, -0.25) is 5.10 Å². The number of hydrogen-bond acceptors (Lipinski definition) is 2. The van der Waals surface area contributed by atoms with Crippen molar-refractivity contribution < 1.29 is 5.11 Å². The number of H-pyrrole nitrogens is 1. The molecular weight excluding hydrogens is 164 g/mol. The molecule has 3 heteroatoms. The van der Waals surface area contributed by atoms with Crippen LogP contribution in [0.15, 0.2) is 30.6 Å². The fraction of sp³-hybridized carbons (Fsp3) is 0.100. The Morgan fingerprint density at radius 3 is 2.85 bits per heavy atom. The fourth-order valence-corrected chi connectivity index (χ4v) is 1.28. The van der Waals surface area contributed by atoms with Gasteiger partial charge in [0, 0.05) is 17.3 Å². The summed E-state index contributed by atoms with van der Waals surface area (Å²) < 4.78 is 0. The predicted molar refractivity (Wildman–Crippen MR) is 50.4 cm³/mol. The number of hydrogen-bond donors (Lipinski definition) is 2. The summed E-state index contributed by atoms with van der Waals surface area (Å²) >= 11 is 0. The van der Waals surface area contributed by atoms with Gasteiger partial charge in [0.2, 0.25) is 0 Å². The lowest BCUT2D eigenvalue weighted by atomic mass is 10.1. The van der Waals surface area contributed by atoms with Crippen molar-refractivity contribution in [1.29, 1.82) is 0 Å². The number of benzene rings is 1. The first-order valence-corrected chi connectivity index (χ1v) is 4.06. The number of aromatic hydroxyl groups is 1. The van der Waals surface area contributed by atoms with E-state index < -0.39 is 0 Å². The molecule has 0 atom stereocenters. The number of nitrogens with one attached hydrogen (secondary N) is 1. The van der Waals surface area contributed by atoms with E-state index >= 15 is 0 Å². The van der Waals surface area contributed by atoms with Gasteiger partial charge in [-0.05, 0) is 18.6 Å². The summed E-state index contributed by atoms with van der Waals surface area (Å²) in [7, 11) is 0. The minimum absolute atomic E-state index is 0.293. The third kappa shape index (κ3) is 1.40. The first kappa shape index (κ1) is 7.86. The van der Waals surface area contributed by atoms with Crippen LogP contribution in [0.25, 0.3) is 11.1 Å². The predicted octanol–water partition coefficient (Wildman–Crippen LogP) is 2.09.